The summed E-state index contributed by atoms with van der Waals surface area (Å²) in [5.74, 6) is 1.54. The Morgan fingerprint density at radius 3 is 2.30 bits per heavy atom. The Labute approximate surface area is 205 Å². The Morgan fingerprint density at radius 2 is 1.64 bits per heavy atom. The van der Waals surface area contributed by atoms with E-state index in [0.29, 0.717) is 28.1 Å². The molecule has 4 nitrogen and oxygen atoms in total. The Balaban J connectivity index is 2.00. The molecule has 1 atom stereocenters. The van der Waals surface area contributed by atoms with Gasteiger partial charge in [0.25, 0.3) is 0 Å². The maximum atomic E-state index is 13.0. The summed E-state index contributed by atoms with van der Waals surface area (Å²) in [5, 5.41) is 1.29. The third-order valence-corrected chi connectivity index (χ3v) is 6.68. The second-order valence-electron chi connectivity index (χ2n) is 8.33. The first kappa shape index (κ1) is 23.5. The molecule has 0 saturated carbocycles. The number of amides is 1. The van der Waals surface area contributed by atoms with Crippen molar-refractivity contribution in [3.8, 4) is 33.8 Å². The topological polar surface area (TPSA) is 38.8 Å². The van der Waals surface area contributed by atoms with Crippen molar-refractivity contribution in [2.45, 2.75) is 26.3 Å². The lowest BCUT2D eigenvalue weighted by Gasteiger charge is -2.32. The van der Waals surface area contributed by atoms with Gasteiger partial charge in [-0.05, 0) is 48.2 Å². The lowest BCUT2D eigenvalue weighted by atomic mass is 9.88. The largest absolute Gasteiger partial charge is 0.496 e. The summed E-state index contributed by atoms with van der Waals surface area (Å²) in [6.07, 6.45) is 1.91. The Morgan fingerprint density at radius 1 is 0.909 bits per heavy atom. The van der Waals surface area contributed by atoms with Gasteiger partial charge in [0, 0.05) is 51.8 Å². The van der Waals surface area contributed by atoms with Crippen LogP contribution in [0.25, 0.3) is 22.3 Å². The molecule has 0 N–H and O–H groups in total. The van der Waals surface area contributed by atoms with Gasteiger partial charge in [-0.2, -0.15) is 0 Å². The van der Waals surface area contributed by atoms with Gasteiger partial charge in [0.05, 0.1) is 14.2 Å². The molecule has 3 aromatic carbocycles. The molecule has 1 heterocycles. The van der Waals surface area contributed by atoms with Gasteiger partial charge < -0.3 is 14.4 Å². The third kappa shape index (κ3) is 4.83. The van der Waals surface area contributed by atoms with Crippen LogP contribution < -0.4 is 9.47 Å². The Bertz CT molecular complexity index is 1160. The van der Waals surface area contributed by atoms with Gasteiger partial charge in [0.2, 0.25) is 5.91 Å². The Kier molecular flexibility index (Phi) is 7.16. The van der Waals surface area contributed by atoms with Crippen LogP contribution in [0.3, 0.4) is 0 Å². The van der Waals surface area contributed by atoms with Crippen molar-refractivity contribution in [1.29, 1.82) is 0 Å². The predicted molar refractivity (Wildman–Crippen MR) is 134 cm³/mol. The predicted octanol–water partition coefficient (Wildman–Crippen LogP) is 7.10. The molecule has 1 unspecified atom stereocenters. The number of hydrogen-bond donors (Lipinski definition) is 0. The normalized spacial score (nSPS) is 16.1. The summed E-state index contributed by atoms with van der Waals surface area (Å²) in [6.45, 7) is 3.17. The van der Waals surface area contributed by atoms with Crippen LogP contribution in [0.2, 0.25) is 10.0 Å². The first-order valence-corrected chi connectivity index (χ1v) is 11.8. The SMILES string of the molecule is COc1cc(OC)c(-c2cccc(Cl)c2)c(-c2ccc(Cl)cc2)c1CN1CCCC(C)C1=O. The lowest BCUT2D eigenvalue weighted by Crippen LogP contribution is -2.39. The van der Waals surface area contributed by atoms with E-state index in [1.807, 2.05) is 66.4 Å². The molecule has 3 aromatic rings. The van der Waals surface area contributed by atoms with Crippen LogP contribution in [0.1, 0.15) is 25.3 Å². The first-order valence-electron chi connectivity index (χ1n) is 11.0. The highest BCUT2D eigenvalue weighted by molar-refractivity contribution is 6.31. The maximum absolute atomic E-state index is 13.0. The zero-order valence-electron chi connectivity index (χ0n) is 19.0. The van der Waals surface area contributed by atoms with Gasteiger partial charge in [-0.3, -0.25) is 4.79 Å². The molecule has 1 aliphatic heterocycles. The van der Waals surface area contributed by atoms with E-state index in [-0.39, 0.29) is 11.8 Å². The van der Waals surface area contributed by atoms with Crippen molar-refractivity contribution >= 4 is 29.1 Å². The number of rotatable bonds is 6. The number of piperidine rings is 1. The number of nitrogens with zero attached hydrogens (tertiary/aromatic N) is 1. The fraction of sp³-hybridized carbons (Fsp3) is 0.296. The quantitative estimate of drug-likeness (QED) is 0.375. The van der Waals surface area contributed by atoms with Crippen molar-refractivity contribution in [1.82, 2.24) is 4.90 Å². The molecule has 0 radical (unpaired) electrons. The number of methoxy groups -OCH3 is 2. The summed E-state index contributed by atoms with van der Waals surface area (Å²) < 4.78 is 11.6. The van der Waals surface area contributed by atoms with Gasteiger partial charge in [0.15, 0.2) is 0 Å². The molecule has 33 heavy (non-hydrogen) atoms. The molecule has 1 saturated heterocycles. The number of benzene rings is 3. The van der Waals surface area contributed by atoms with Crippen molar-refractivity contribution in [3.05, 3.63) is 70.2 Å². The van der Waals surface area contributed by atoms with Crippen LogP contribution in [0, 0.1) is 5.92 Å². The molecule has 0 spiro atoms. The highest BCUT2D eigenvalue weighted by Crippen LogP contribution is 2.47. The van der Waals surface area contributed by atoms with Gasteiger partial charge in [-0.1, -0.05) is 54.4 Å². The average molecular weight is 484 g/mol. The van der Waals surface area contributed by atoms with E-state index in [0.717, 1.165) is 47.2 Å². The zero-order valence-corrected chi connectivity index (χ0v) is 20.5. The van der Waals surface area contributed by atoms with Gasteiger partial charge in [-0.15, -0.1) is 0 Å². The van der Waals surface area contributed by atoms with E-state index in [4.69, 9.17) is 32.7 Å². The molecule has 6 heteroatoms. The minimum absolute atomic E-state index is 0.0226. The van der Waals surface area contributed by atoms with Crippen molar-refractivity contribution in [2.75, 3.05) is 20.8 Å². The average Bonchev–Trinajstić information content (AvgIpc) is 2.82. The second kappa shape index (κ2) is 10.1. The summed E-state index contributed by atoms with van der Waals surface area (Å²) in [5.41, 5.74) is 4.65. The van der Waals surface area contributed by atoms with Crippen molar-refractivity contribution in [2.24, 2.45) is 5.92 Å². The van der Waals surface area contributed by atoms with Crippen LogP contribution in [0.4, 0.5) is 0 Å². The van der Waals surface area contributed by atoms with E-state index >= 15 is 0 Å². The smallest absolute Gasteiger partial charge is 0.225 e. The fourth-order valence-electron chi connectivity index (χ4n) is 4.52. The first-order chi connectivity index (χ1) is 15.9. The molecule has 0 aromatic heterocycles. The van der Waals surface area contributed by atoms with E-state index in [9.17, 15) is 4.79 Å². The Hall–Kier alpha value is -2.69. The minimum Gasteiger partial charge on any atom is -0.496 e. The number of hydrogen-bond acceptors (Lipinski definition) is 3. The second-order valence-corrected chi connectivity index (χ2v) is 9.20. The van der Waals surface area contributed by atoms with E-state index in [1.54, 1.807) is 14.2 Å². The minimum atomic E-state index is 0.0226. The van der Waals surface area contributed by atoms with E-state index in [2.05, 4.69) is 0 Å². The van der Waals surface area contributed by atoms with Crippen LogP contribution in [0.5, 0.6) is 11.5 Å². The number of carbonyl (C=O) groups excluding carboxylic acids is 1. The molecule has 0 aliphatic carbocycles. The van der Waals surface area contributed by atoms with Crippen LogP contribution >= 0.6 is 23.2 Å². The molecule has 0 bridgehead atoms. The standard InChI is InChI=1S/C27H27Cl2NO3/c1-17-6-5-13-30(27(17)31)16-22-23(32-2)15-24(33-3)26(19-7-4-8-21(29)14-19)25(22)18-9-11-20(28)12-10-18/h4,7-12,14-15,17H,5-6,13,16H2,1-3H3. The van der Waals surface area contributed by atoms with E-state index in [1.165, 1.54) is 0 Å². The molecule has 1 amide bonds. The maximum Gasteiger partial charge on any atom is 0.225 e. The van der Waals surface area contributed by atoms with Gasteiger partial charge in [-0.25, -0.2) is 0 Å². The molecular weight excluding hydrogens is 457 g/mol. The molecular formula is C27H27Cl2NO3. The van der Waals surface area contributed by atoms with Gasteiger partial charge >= 0.3 is 0 Å². The molecule has 4 rings (SSSR count). The highest BCUT2D eigenvalue weighted by atomic mass is 35.5. The van der Waals surface area contributed by atoms with E-state index < -0.39 is 0 Å². The van der Waals surface area contributed by atoms with Crippen molar-refractivity contribution in [3.63, 3.8) is 0 Å². The van der Waals surface area contributed by atoms with Crippen molar-refractivity contribution < 1.29 is 14.3 Å². The number of halogens is 2. The number of carbonyl (C=O) groups is 1. The number of ether oxygens (including phenoxy) is 2. The van der Waals surface area contributed by atoms with Crippen LogP contribution in [-0.4, -0.2) is 31.6 Å². The van der Waals surface area contributed by atoms with Crippen LogP contribution in [-0.2, 0) is 11.3 Å². The molecule has 1 aliphatic rings. The summed E-state index contributed by atoms with van der Waals surface area (Å²) in [6, 6.07) is 17.3. The highest BCUT2D eigenvalue weighted by Gasteiger charge is 2.29. The molecule has 1 fully saturated rings. The number of likely N-dealkylation sites (tertiary alicyclic amines) is 1. The lowest BCUT2D eigenvalue weighted by molar-refractivity contribution is -0.138. The van der Waals surface area contributed by atoms with Crippen LogP contribution in [0.15, 0.2) is 54.6 Å². The zero-order chi connectivity index (χ0) is 23.5. The van der Waals surface area contributed by atoms with Gasteiger partial charge in [0.1, 0.15) is 11.5 Å². The monoisotopic (exact) mass is 483 g/mol. The summed E-state index contributed by atoms with van der Waals surface area (Å²) in [4.78, 5) is 14.9. The fourth-order valence-corrected chi connectivity index (χ4v) is 4.84. The third-order valence-electron chi connectivity index (χ3n) is 6.19. The summed E-state index contributed by atoms with van der Waals surface area (Å²) in [7, 11) is 3.29. The molecule has 172 valence electrons. The summed E-state index contributed by atoms with van der Waals surface area (Å²) >= 11 is 12.6.